The van der Waals surface area contributed by atoms with Crippen molar-refractivity contribution >= 4 is 22.6 Å². The molecule has 3 rings (SSSR count). The molecule has 0 aliphatic rings. The number of nitrogens with zero attached hydrogens (tertiary/aromatic N) is 1. The minimum Gasteiger partial charge on any atom is -0.423 e. The Morgan fingerprint density at radius 3 is 2.59 bits per heavy atom. The summed E-state index contributed by atoms with van der Waals surface area (Å²) < 4.78 is 7.33. The van der Waals surface area contributed by atoms with Gasteiger partial charge in [0.15, 0.2) is 18.9 Å². The average molecular weight is 315 g/mol. The quantitative estimate of drug-likeness (QED) is 0.546. The molecule has 0 aliphatic heterocycles. The van der Waals surface area contributed by atoms with Crippen LogP contribution >= 0.6 is 11.6 Å². The van der Waals surface area contributed by atoms with Crippen molar-refractivity contribution in [3.63, 3.8) is 0 Å². The van der Waals surface area contributed by atoms with E-state index in [0.29, 0.717) is 17.2 Å². The summed E-state index contributed by atoms with van der Waals surface area (Å²) >= 11 is 6.22. The zero-order valence-corrected chi connectivity index (χ0v) is 13.4. The first-order valence-electron chi connectivity index (χ1n) is 7.27. The van der Waals surface area contributed by atoms with Gasteiger partial charge in [-0.25, -0.2) is 9.36 Å². The van der Waals surface area contributed by atoms with Crippen LogP contribution in [0.25, 0.3) is 11.0 Å². The van der Waals surface area contributed by atoms with Gasteiger partial charge in [-0.2, -0.15) is 0 Å². The molecule has 0 fully saturated rings. The molecule has 0 spiro atoms. The lowest BCUT2D eigenvalue weighted by molar-refractivity contribution is -0.688. The van der Waals surface area contributed by atoms with E-state index < -0.39 is 0 Å². The molecule has 0 amide bonds. The average Bonchev–Trinajstić information content (AvgIpc) is 2.50. The Kier molecular flexibility index (Phi) is 3.99. The standard InChI is InChI=1S/C18H17ClNO2/c1-3-13-4-6-20(7-5-13)11-14-9-18(21)22-17-8-12(2)16(19)10-15(14)17/h4-10H,3,11H2,1-2H3/q+1. The van der Waals surface area contributed by atoms with Crippen LogP contribution in [0, 0.1) is 6.92 Å². The molecule has 4 heteroatoms. The number of hydrogen-bond acceptors (Lipinski definition) is 2. The van der Waals surface area contributed by atoms with Crippen LogP contribution < -0.4 is 10.2 Å². The van der Waals surface area contributed by atoms with Gasteiger partial charge in [-0.3, -0.25) is 0 Å². The Morgan fingerprint density at radius 2 is 1.91 bits per heavy atom. The van der Waals surface area contributed by atoms with E-state index in [2.05, 4.69) is 19.1 Å². The fourth-order valence-electron chi connectivity index (χ4n) is 2.51. The lowest BCUT2D eigenvalue weighted by atomic mass is 10.1. The third-order valence-corrected chi connectivity index (χ3v) is 4.24. The van der Waals surface area contributed by atoms with Gasteiger partial charge in [-0.1, -0.05) is 18.5 Å². The first-order chi connectivity index (χ1) is 10.6. The van der Waals surface area contributed by atoms with Crippen LogP contribution in [-0.4, -0.2) is 0 Å². The van der Waals surface area contributed by atoms with Gasteiger partial charge < -0.3 is 4.42 Å². The van der Waals surface area contributed by atoms with E-state index in [4.69, 9.17) is 16.0 Å². The molecular formula is C18H17ClNO2+. The smallest absolute Gasteiger partial charge is 0.336 e. The molecular weight excluding hydrogens is 298 g/mol. The number of aryl methyl sites for hydroxylation is 2. The lowest BCUT2D eigenvalue weighted by Crippen LogP contribution is -2.33. The second kappa shape index (κ2) is 5.93. The molecule has 2 heterocycles. The predicted molar refractivity (Wildman–Crippen MR) is 87.3 cm³/mol. The van der Waals surface area contributed by atoms with Crippen LogP contribution in [0.2, 0.25) is 5.02 Å². The van der Waals surface area contributed by atoms with Crippen LogP contribution in [0.4, 0.5) is 0 Å². The van der Waals surface area contributed by atoms with Crippen molar-refractivity contribution < 1.29 is 8.98 Å². The number of benzene rings is 1. The summed E-state index contributed by atoms with van der Waals surface area (Å²) in [6, 6.07) is 9.39. The Labute approximate surface area is 133 Å². The van der Waals surface area contributed by atoms with E-state index in [1.807, 2.05) is 36.0 Å². The fraction of sp³-hybridized carbons (Fsp3) is 0.222. The maximum absolute atomic E-state index is 11.8. The summed E-state index contributed by atoms with van der Waals surface area (Å²) in [6.07, 6.45) is 5.05. The van der Waals surface area contributed by atoms with Crippen molar-refractivity contribution in [3.05, 3.63) is 74.9 Å². The summed E-state index contributed by atoms with van der Waals surface area (Å²) in [5.41, 5.74) is 3.33. The fourth-order valence-corrected chi connectivity index (χ4v) is 2.67. The molecule has 0 radical (unpaired) electrons. The van der Waals surface area contributed by atoms with Crippen molar-refractivity contribution in [1.29, 1.82) is 0 Å². The number of pyridine rings is 1. The topological polar surface area (TPSA) is 34.1 Å². The second-order valence-corrected chi connectivity index (χ2v) is 5.83. The molecule has 0 saturated heterocycles. The molecule has 0 N–H and O–H groups in total. The van der Waals surface area contributed by atoms with Crippen molar-refractivity contribution in [3.8, 4) is 0 Å². The monoisotopic (exact) mass is 314 g/mol. The van der Waals surface area contributed by atoms with E-state index in [9.17, 15) is 4.79 Å². The second-order valence-electron chi connectivity index (χ2n) is 5.42. The third kappa shape index (κ3) is 2.90. The normalized spacial score (nSPS) is 11.0. The van der Waals surface area contributed by atoms with Gasteiger partial charge >= 0.3 is 5.63 Å². The van der Waals surface area contributed by atoms with Crippen molar-refractivity contribution in [1.82, 2.24) is 0 Å². The highest BCUT2D eigenvalue weighted by Gasteiger charge is 2.12. The summed E-state index contributed by atoms with van der Waals surface area (Å²) in [4.78, 5) is 11.8. The van der Waals surface area contributed by atoms with E-state index in [-0.39, 0.29) is 5.63 Å². The van der Waals surface area contributed by atoms with E-state index in [1.54, 1.807) is 0 Å². The van der Waals surface area contributed by atoms with Crippen LogP contribution in [0.15, 0.2) is 51.9 Å². The maximum Gasteiger partial charge on any atom is 0.336 e. The van der Waals surface area contributed by atoms with Gasteiger partial charge in [-0.05, 0) is 36.6 Å². The summed E-state index contributed by atoms with van der Waals surface area (Å²) in [7, 11) is 0. The Hall–Kier alpha value is -2.13. The molecule has 112 valence electrons. The first-order valence-corrected chi connectivity index (χ1v) is 7.65. The Bertz CT molecular complexity index is 882. The highest BCUT2D eigenvalue weighted by Crippen LogP contribution is 2.25. The number of hydrogen-bond donors (Lipinski definition) is 0. The predicted octanol–water partition coefficient (Wildman–Crippen LogP) is 3.65. The zero-order valence-electron chi connectivity index (χ0n) is 12.6. The molecule has 0 aliphatic carbocycles. The van der Waals surface area contributed by atoms with Crippen LogP contribution in [0.1, 0.15) is 23.6 Å². The SMILES string of the molecule is CCc1cc[n+](Cc2cc(=O)oc3cc(C)c(Cl)cc23)cc1. The molecule has 3 aromatic rings. The van der Waals surface area contributed by atoms with Gasteiger partial charge in [0.05, 0.1) is 0 Å². The lowest BCUT2D eigenvalue weighted by Gasteiger charge is -2.05. The van der Waals surface area contributed by atoms with E-state index in [0.717, 1.165) is 22.9 Å². The van der Waals surface area contributed by atoms with Crippen molar-refractivity contribution in [2.45, 2.75) is 26.8 Å². The molecule has 0 unspecified atom stereocenters. The first kappa shape index (κ1) is 14.8. The van der Waals surface area contributed by atoms with Crippen molar-refractivity contribution in [2.75, 3.05) is 0 Å². The summed E-state index contributed by atoms with van der Waals surface area (Å²) in [5, 5.41) is 1.55. The highest BCUT2D eigenvalue weighted by molar-refractivity contribution is 6.32. The number of halogens is 1. The number of aromatic nitrogens is 1. The maximum atomic E-state index is 11.8. The third-order valence-electron chi connectivity index (χ3n) is 3.83. The molecule has 1 aromatic carbocycles. The van der Waals surface area contributed by atoms with Crippen LogP contribution in [0.3, 0.4) is 0 Å². The molecule has 2 aromatic heterocycles. The number of rotatable bonds is 3. The molecule has 0 saturated carbocycles. The minimum absolute atomic E-state index is 0.338. The van der Waals surface area contributed by atoms with Crippen molar-refractivity contribution in [2.24, 2.45) is 0 Å². The minimum atomic E-state index is -0.338. The zero-order chi connectivity index (χ0) is 15.7. The molecule has 3 nitrogen and oxygen atoms in total. The van der Waals surface area contributed by atoms with E-state index >= 15 is 0 Å². The number of fused-ring (bicyclic) bond motifs is 1. The molecule has 0 atom stereocenters. The molecule has 0 bridgehead atoms. The largest absolute Gasteiger partial charge is 0.423 e. The summed E-state index contributed by atoms with van der Waals surface area (Å²) in [5.74, 6) is 0. The van der Waals surface area contributed by atoms with Gasteiger partial charge in [0.25, 0.3) is 0 Å². The molecule has 22 heavy (non-hydrogen) atoms. The highest BCUT2D eigenvalue weighted by atomic mass is 35.5. The summed E-state index contributed by atoms with van der Waals surface area (Å²) in [6.45, 7) is 4.62. The van der Waals surface area contributed by atoms with Gasteiger partial charge in [0, 0.05) is 34.2 Å². The van der Waals surface area contributed by atoms with Crippen LogP contribution in [0.5, 0.6) is 0 Å². The van der Waals surface area contributed by atoms with Crippen LogP contribution in [-0.2, 0) is 13.0 Å². The van der Waals surface area contributed by atoms with Gasteiger partial charge in [0.2, 0.25) is 0 Å². The Balaban J connectivity index is 2.08. The van der Waals surface area contributed by atoms with Gasteiger partial charge in [-0.15, -0.1) is 0 Å². The van der Waals surface area contributed by atoms with E-state index in [1.165, 1.54) is 11.6 Å². The van der Waals surface area contributed by atoms with Gasteiger partial charge in [0.1, 0.15) is 5.58 Å². The Morgan fingerprint density at radius 1 is 1.18 bits per heavy atom.